The lowest BCUT2D eigenvalue weighted by Gasteiger charge is -2.22. The van der Waals surface area contributed by atoms with Gasteiger partial charge in [-0.25, -0.2) is 0 Å². The monoisotopic (exact) mass is 326 g/mol. The quantitative estimate of drug-likeness (QED) is 0.607. The van der Waals surface area contributed by atoms with Gasteiger partial charge in [0, 0.05) is 20.5 Å². The normalized spacial score (nSPS) is 17.6. The third-order valence-electron chi connectivity index (χ3n) is 4.78. The maximum Gasteiger partial charge on any atom is 0.191 e. The molecule has 22 heavy (non-hydrogen) atoms. The number of thiophene rings is 1. The van der Waals surface area contributed by atoms with E-state index >= 15 is 0 Å². The van der Waals surface area contributed by atoms with Gasteiger partial charge in [0.2, 0.25) is 0 Å². The van der Waals surface area contributed by atoms with E-state index in [1.165, 1.54) is 28.8 Å². The fourth-order valence-corrected chi connectivity index (χ4v) is 5.39. The summed E-state index contributed by atoms with van der Waals surface area (Å²) in [7, 11) is 0. The average Bonchev–Trinajstić information content (AvgIpc) is 3.08. The molecule has 0 saturated heterocycles. The van der Waals surface area contributed by atoms with Gasteiger partial charge >= 0.3 is 0 Å². The summed E-state index contributed by atoms with van der Waals surface area (Å²) in [5.74, 6) is 0.751. The third kappa shape index (κ3) is 2.33. The Balaban J connectivity index is 1.89. The molecule has 1 aromatic carbocycles. The van der Waals surface area contributed by atoms with E-state index in [0.29, 0.717) is 0 Å². The second kappa shape index (κ2) is 5.64. The molecule has 1 nitrogen and oxygen atoms in total. The Kier molecular flexibility index (Phi) is 3.63. The van der Waals surface area contributed by atoms with Crippen molar-refractivity contribution in [2.75, 3.05) is 0 Å². The zero-order valence-corrected chi connectivity index (χ0v) is 14.2. The first kappa shape index (κ1) is 14.2. The SMILES string of the molecule is CCC1CCc2c(sc3cc(-c4ccsc4)ccc3c2=O)C1. The van der Waals surface area contributed by atoms with Crippen LogP contribution in [0.25, 0.3) is 21.2 Å². The summed E-state index contributed by atoms with van der Waals surface area (Å²) < 4.78 is 1.14. The van der Waals surface area contributed by atoms with Gasteiger partial charge in [-0.1, -0.05) is 19.4 Å². The Bertz CT molecular complexity index is 874. The molecular formula is C19H18OS2. The van der Waals surface area contributed by atoms with Crippen LogP contribution in [-0.4, -0.2) is 0 Å². The predicted molar refractivity (Wildman–Crippen MR) is 97.2 cm³/mol. The van der Waals surface area contributed by atoms with E-state index in [4.69, 9.17) is 0 Å². The van der Waals surface area contributed by atoms with Gasteiger partial charge in [-0.05, 0) is 65.3 Å². The number of benzene rings is 1. The van der Waals surface area contributed by atoms with Gasteiger partial charge in [-0.2, -0.15) is 11.3 Å². The number of hydrogen-bond donors (Lipinski definition) is 0. The van der Waals surface area contributed by atoms with E-state index in [1.54, 1.807) is 11.3 Å². The summed E-state index contributed by atoms with van der Waals surface area (Å²) in [5.41, 5.74) is 3.82. The first-order valence-corrected chi connectivity index (χ1v) is 9.63. The van der Waals surface area contributed by atoms with Crippen molar-refractivity contribution in [3.05, 3.63) is 55.7 Å². The highest BCUT2D eigenvalue weighted by atomic mass is 32.1. The van der Waals surface area contributed by atoms with Gasteiger partial charge in [-0.15, -0.1) is 11.3 Å². The van der Waals surface area contributed by atoms with Gasteiger partial charge in [0.1, 0.15) is 0 Å². The van der Waals surface area contributed by atoms with Gasteiger partial charge in [0.15, 0.2) is 5.43 Å². The van der Waals surface area contributed by atoms with E-state index in [2.05, 4.69) is 35.9 Å². The van der Waals surface area contributed by atoms with E-state index in [1.807, 2.05) is 17.4 Å². The number of rotatable bonds is 2. The third-order valence-corrected chi connectivity index (χ3v) is 6.68. The first-order chi connectivity index (χ1) is 10.8. The molecule has 1 aliphatic rings. The Labute approximate surface area is 138 Å². The molecule has 2 aromatic heterocycles. The van der Waals surface area contributed by atoms with Crippen molar-refractivity contribution < 1.29 is 0 Å². The molecule has 3 aromatic rings. The summed E-state index contributed by atoms with van der Waals surface area (Å²) in [6.07, 6.45) is 4.44. The Hall–Kier alpha value is -1.45. The maximum absolute atomic E-state index is 12.8. The van der Waals surface area contributed by atoms with Crippen molar-refractivity contribution in [2.45, 2.75) is 32.6 Å². The molecule has 3 heteroatoms. The van der Waals surface area contributed by atoms with Crippen LogP contribution >= 0.6 is 22.7 Å². The summed E-state index contributed by atoms with van der Waals surface area (Å²) in [6.45, 7) is 2.26. The van der Waals surface area contributed by atoms with Crippen molar-refractivity contribution in [3.8, 4) is 11.1 Å². The second-order valence-corrected chi connectivity index (χ2v) is 7.99. The molecule has 0 fully saturated rings. The topological polar surface area (TPSA) is 17.1 Å². The van der Waals surface area contributed by atoms with Crippen molar-refractivity contribution in [2.24, 2.45) is 5.92 Å². The molecule has 2 heterocycles. The molecule has 0 spiro atoms. The number of fused-ring (bicyclic) bond motifs is 2. The van der Waals surface area contributed by atoms with Crippen LogP contribution in [0.5, 0.6) is 0 Å². The fraction of sp³-hybridized carbons (Fsp3) is 0.316. The summed E-state index contributed by atoms with van der Waals surface area (Å²) >= 11 is 3.55. The molecule has 1 aliphatic carbocycles. The highest BCUT2D eigenvalue weighted by Crippen LogP contribution is 2.34. The number of hydrogen-bond acceptors (Lipinski definition) is 3. The lowest BCUT2D eigenvalue weighted by atomic mass is 9.86. The zero-order valence-electron chi connectivity index (χ0n) is 12.6. The largest absolute Gasteiger partial charge is 0.289 e. The minimum atomic E-state index is 0.273. The first-order valence-electron chi connectivity index (χ1n) is 7.87. The van der Waals surface area contributed by atoms with Crippen molar-refractivity contribution in [1.82, 2.24) is 0 Å². The van der Waals surface area contributed by atoms with Crippen LogP contribution in [0.3, 0.4) is 0 Å². The van der Waals surface area contributed by atoms with Crippen LogP contribution in [0.2, 0.25) is 0 Å². The average molecular weight is 326 g/mol. The molecule has 0 amide bonds. The van der Waals surface area contributed by atoms with Crippen LogP contribution < -0.4 is 5.43 Å². The molecule has 0 radical (unpaired) electrons. The highest BCUT2D eigenvalue weighted by molar-refractivity contribution is 7.18. The van der Waals surface area contributed by atoms with E-state index in [9.17, 15) is 4.79 Å². The van der Waals surface area contributed by atoms with Gasteiger partial charge in [0.25, 0.3) is 0 Å². The van der Waals surface area contributed by atoms with Crippen LogP contribution in [0.15, 0.2) is 39.8 Å². The Morgan fingerprint density at radius 2 is 2.14 bits per heavy atom. The predicted octanol–water partition coefficient (Wildman–Crippen LogP) is 5.50. The summed E-state index contributed by atoms with van der Waals surface area (Å²) in [4.78, 5) is 14.1. The van der Waals surface area contributed by atoms with Crippen molar-refractivity contribution in [3.63, 3.8) is 0 Å². The highest BCUT2D eigenvalue weighted by Gasteiger charge is 2.21. The van der Waals surface area contributed by atoms with Crippen molar-refractivity contribution in [1.29, 1.82) is 0 Å². The Morgan fingerprint density at radius 1 is 1.23 bits per heavy atom. The van der Waals surface area contributed by atoms with E-state index in [0.717, 1.165) is 34.4 Å². The molecular weight excluding hydrogens is 308 g/mol. The molecule has 1 unspecified atom stereocenters. The molecule has 0 saturated carbocycles. The lowest BCUT2D eigenvalue weighted by Crippen LogP contribution is -2.20. The summed E-state index contributed by atoms with van der Waals surface area (Å²) in [5, 5.41) is 5.16. The second-order valence-electron chi connectivity index (χ2n) is 6.07. The maximum atomic E-state index is 12.8. The molecule has 0 aliphatic heterocycles. The van der Waals surface area contributed by atoms with Crippen molar-refractivity contribution >= 4 is 32.8 Å². The summed E-state index contributed by atoms with van der Waals surface area (Å²) in [6, 6.07) is 8.44. The molecule has 1 atom stereocenters. The van der Waals surface area contributed by atoms with E-state index in [-0.39, 0.29) is 5.43 Å². The van der Waals surface area contributed by atoms with Gasteiger partial charge < -0.3 is 0 Å². The van der Waals surface area contributed by atoms with Gasteiger partial charge in [0.05, 0.1) is 0 Å². The van der Waals surface area contributed by atoms with Gasteiger partial charge in [-0.3, -0.25) is 4.79 Å². The smallest absolute Gasteiger partial charge is 0.191 e. The Morgan fingerprint density at radius 3 is 2.91 bits per heavy atom. The van der Waals surface area contributed by atoms with Crippen LogP contribution in [0.1, 0.15) is 30.2 Å². The molecule has 112 valence electrons. The lowest BCUT2D eigenvalue weighted by molar-refractivity contribution is 0.448. The van der Waals surface area contributed by atoms with Crippen LogP contribution in [0, 0.1) is 5.92 Å². The fourth-order valence-electron chi connectivity index (χ4n) is 3.37. The molecule has 0 bridgehead atoms. The minimum Gasteiger partial charge on any atom is -0.289 e. The molecule has 4 rings (SSSR count). The molecule has 0 N–H and O–H groups in total. The minimum absolute atomic E-state index is 0.273. The van der Waals surface area contributed by atoms with E-state index < -0.39 is 0 Å². The standard InChI is InChI=1S/C19H18OS2/c1-2-12-3-5-15-17(9-12)22-18-10-13(14-7-8-21-11-14)4-6-16(18)19(15)20/h4,6-8,10-12H,2-3,5,9H2,1H3. The van der Waals surface area contributed by atoms with Crippen LogP contribution in [0.4, 0.5) is 0 Å². The van der Waals surface area contributed by atoms with Crippen LogP contribution in [-0.2, 0) is 12.8 Å². The zero-order chi connectivity index (χ0) is 15.1.